The minimum atomic E-state index is -0.612. The van der Waals surface area contributed by atoms with Crippen LogP contribution in [0, 0.1) is 10.1 Å². The van der Waals surface area contributed by atoms with Crippen LogP contribution in [0.5, 0.6) is 5.75 Å². The molecule has 0 aliphatic heterocycles. The van der Waals surface area contributed by atoms with E-state index in [2.05, 4.69) is 5.32 Å². The molecule has 8 nitrogen and oxygen atoms in total. The maximum Gasteiger partial charge on any atom is 0.269 e. The van der Waals surface area contributed by atoms with Crippen LogP contribution in [0.15, 0.2) is 48.5 Å². The van der Waals surface area contributed by atoms with E-state index in [4.69, 9.17) is 4.74 Å². The third-order valence-corrected chi connectivity index (χ3v) is 6.99. The second kappa shape index (κ2) is 12.4. The molecular weight excluding hydrogens is 454 g/mol. The van der Waals surface area contributed by atoms with Crippen molar-refractivity contribution in [2.24, 2.45) is 0 Å². The molecular formula is C25H31N3O5S. The monoisotopic (exact) mass is 485 g/mol. The summed E-state index contributed by atoms with van der Waals surface area (Å²) >= 11 is 1.42. The van der Waals surface area contributed by atoms with Gasteiger partial charge in [-0.1, -0.05) is 37.1 Å². The van der Waals surface area contributed by atoms with Crippen LogP contribution < -0.4 is 10.1 Å². The number of benzene rings is 2. The number of carbonyl (C=O) groups excluding carboxylic acids is 2. The molecule has 1 N–H and O–H groups in total. The molecule has 1 aliphatic rings. The first-order valence-electron chi connectivity index (χ1n) is 11.4. The highest BCUT2D eigenvalue weighted by Gasteiger charge is 2.28. The average Bonchev–Trinajstić information content (AvgIpc) is 3.35. The summed E-state index contributed by atoms with van der Waals surface area (Å²) in [5.74, 6) is 1.16. The van der Waals surface area contributed by atoms with Crippen LogP contribution in [-0.4, -0.2) is 46.6 Å². The summed E-state index contributed by atoms with van der Waals surface area (Å²) in [5, 5.41) is 13.9. The first-order valence-corrected chi connectivity index (χ1v) is 12.6. The Hall–Kier alpha value is -3.07. The topological polar surface area (TPSA) is 102 Å². The summed E-state index contributed by atoms with van der Waals surface area (Å²) in [4.78, 5) is 38.2. The van der Waals surface area contributed by atoms with Crippen molar-refractivity contribution in [1.82, 2.24) is 10.2 Å². The Balaban J connectivity index is 1.65. The molecule has 182 valence electrons. The van der Waals surface area contributed by atoms with Gasteiger partial charge in [-0.05, 0) is 43.0 Å². The average molecular weight is 486 g/mol. The maximum atomic E-state index is 13.2. The van der Waals surface area contributed by atoms with Crippen molar-refractivity contribution in [3.63, 3.8) is 0 Å². The van der Waals surface area contributed by atoms with Crippen LogP contribution in [0.1, 0.15) is 43.7 Å². The van der Waals surface area contributed by atoms with E-state index >= 15 is 0 Å². The fourth-order valence-electron chi connectivity index (χ4n) is 4.00. The first-order chi connectivity index (χ1) is 16.4. The van der Waals surface area contributed by atoms with Gasteiger partial charge in [0.25, 0.3) is 5.69 Å². The number of nitrogens with one attached hydrogen (secondary N) is 1. The number of methoxy groups -OCH3 is 1. The van der Waals surface area contributed by atoms with Crippen molar-refractivity contribution in [1.29, 1.82) is 0 Å². The Morgan fingerprint density at radius 1 is 1.18 bits per heavy atom. The standard InChI is InChI=1S/C25H31N3O5S/c1-18(25(30)26-21-7-3-4-8-21)27(15-20-6-5-9-23(14-20)33-2)24(29)17-34-16-19-10-12-22(13-11-19)28(31)32/h5-6,9-14,18,21H,3-4,7-8,15-17H2,1-2H3,(H,26,30)/t18-/m1/s1. The van der Waals surface area contributed by atoms with Crippen molar-refractivity contribution >= 4 is 29.3 Å². The lowest BCUT2D eigenvalue weighted by molar-refractivity contribution is -0.384. The van der Waals surface area contributed by atoms with Crippen molar-refractivity contribution in [2.45, 2.75) is 57.0 Å². The van der Waals surface area contributed by atoms with Gasteiger partial charge in [-0.25, -0.2) is 0 Å². The fourth-order valence-corrected chi connectivity index (χ4v) is 4.87. The number of hydrogen-bond donors (Lipinski definition) is 1. The van der Waals surface area contributed by atoms with Crippen molar-refractivity contribution in [2.75, 3.05) is 12.9 Å². The Morgan fingerprint density at radius 2 is 1.88 bits per heavy atom. The van der Waals surface area contributed by atoms with Crippen LogP contribution in [0.3, 0.4) is 0 Å². The summed E-state index contributed by atoms with van der Waals surface area (Å²) in [5.41, 5.74) is 1.82. The smallest absolute Gasteiger partial charge is 0.269 e. The van der Waals surface area contributed by atoms with E-state index in [0.29, 0.717) is 18.0 Å². The lowest BCUT2D eigenvalue weighted by Crippen LogP contribution is -2.50. The Kier molecular flexibility index (Phi) is 9.33. The normalized spacial score (nSPS) is 14.4. The zero-order valence-electron chi connectivity index (χ0n) is 19.6. The molecule has 3 rings (SSSR count). The highest BCUT2D eigenvalue weighted by Crippen LogP contribution is 2.21. The van der Waals surface area contributed by atoms with Crippen LogP contribution in [-0.2, 0) is 21.9 Å². The lowest BCUT2D eigenvalue weighted by Gasteiger charge is -2.29. The number of carbonyl (C=O) groups is 2. The van der Waals surface area contributed by atoms with Gasteiger partial charge in [-0.15, -0.1) is 11.8 Å². The quantitative estimate of drug-likeness (QED) is 0.376. The number of ether oxygens (including phenoxy) is 1. The molecule has 34 heavy (non-hydrogen) atoms. The van der Waals surface area contributed by atoms with E-state index in [9.17, 15) is 19.7 Å². The fraction of sp³-hybridized carbons (Fsp3) is 0.440. The van der Waals surface area contributed by atoms with Gasteiger partial charge in [-0.2, -0.15) is 0 Å². The number of rotatable bonds is 11. The van der Waals surface area contributed by atoms with Crippen LogP contribution in [0.4, 0.5) is 5.69 Å². The van der Waals surface area contributed by atoms with E-state index in [1.165, 1.54) is 23.9 Å². The number of non-ortho nitro benzene ring substituents is 1. The van der Waals surface area contributed by atoms with Crippen LogP contribution in [0.2, 0.25) is 0 Å². The van der Waals surface area contributed by atoms with Gasteiger partial charge in [0.1, 0.15) is 11.8 Å². The van der Waals surface area contributed by atoms with E-state index in [1.807, 2.05) is 24.3 Å². The predicted molar refractivity (Wildman–Crippen MR) is 133 cm³/mol. The number of nitrogens with zero attached hydrogens (tertiary/aromatic N) is 2. The molecule has 0 spiro atoms. The number of amides is 2. The van der Waals surface area contributed by atoms with Gasteiger partial charge in [0, 0.05) is 30.5 Å². The van der Waals surface area contributed by atoms with E-state index in [-0.39, 0.29) is 29.3 Å². The second-order valence-electron chi connectivity index (χ2n) is 8.46. The Morgan fingerprint density at radius 3 is 2.53 bits per heavy atom. The molecule has 9 heteroatoms. The molecule has 0 unspecified atom stereocenters. The maximum absolute atomic E-state index is 13.2. The van der Waals surface area contributed by atoms with Gasteiger partial charge < -0.3 is 15.0 Å². The largest absolute Gasteiger partial charge is 0.497 e. The molecule has 2 aromatic carbocycles. The molecule has 0 saturated heterocycles. The lowest BCUT2D eigenvalue weighted by atomic mass is 10.1. The third kappa shape index (κ3) is 7.21. The summed E-state index contributed by atoms with van der Waals surface area (Å²) in [7, 11) is 1.59. The molecule has 2 amide bonds. The summed E-state index contributed by atoms with van der Waals surface area (Å²) < 4.78 is 5.30. The molecule has 1 saturated carbocycles. The van der Waals surface area contributed by atoms with Gasteiger partial charge in [0.05, 0.1) is 17.8 Å². The summed E-state index contributed by atoms with van der Waals surface area (Å²) in [6.07, 6.45) is 4.19. The predicted octanol–water partition coefficient (Wildman–Crippen LogP) is 4.31. The van der Waals surface area contributed by atoms with E-state index in [0.717, 1.165) is 36.8 Å². The SMILES string of the molecule is COc1cccc(CN(C(=O)CSCc2ccc([N+](=O)[O-])cc2)[C@H](C)C(=O)NC2CCCC2)c1. The van der Waals surface area contributed by atoms with Gasteiger partial charge in [-0.3, -0.25) is 19.7 Å². The number of nitro benzene ring substituents is 1. The molecule has 1 atom stereocenters. The summed E-state index contributed by atoms with van der Waals surface area (Å²) in [6, 6.07) is 13.4. The number of hydrogen-bond acceptors (Lipinski definition) is 6. The molecule has 0 bridgehead atoms. The van der Waals surface area contributed by atoms with Crippen LogP contribution in [0.25, 0.3) is 0 Å². The minimum Gasteiger partial charge on any atom is -0.497 e. The molecule has 2 aromatic rings. The third-order valence-electron chi connectivity index (χ3n) is 6.00. The van der Waals surface area contributed by atoms with Gasteiger partial charge >= 0.3 is 0 Å². The van der Waals surface area contributed by atoms with Crippen molar-refractivity contribution < 1.29 is 19.2 Å². The zero-order chi connectivity index (χ0) is 24.5. The van der Waals surface area contributed by atoms with Gasteiger partial charge in [0.2, 0.25) is 11.8 Å². The molecule has 0 heterocycles. The Labute approximate surface area is 204 Å². The van der Waals surface area contributed by atoms with E-state index in [1.54, 1.807) is 31.1 Å². The van der Waals surface area contributed by atoms with Crippen molar-refractivity contribution in [3.8, 4) is 5.75 Å². The zero-order valence-corrected chi connectivity index (χ0v) is 20.4. The highest BCUT2D eigenvalue weighted by molar-refractivity contribution is 7.99. The molecule has 0 radical (unpaired) electrons. The summed E-state index contributed by atoms with van der Waals surface area (Å²) in [6.45, 7) is 2.07. The van der Waals surface area contributed by atoms with Gasteiger partial charge in [0.15, 0.2) is 0 Å². The molecule has 0 aromatic heterocycles. The Bertz CT molecular complexity index is 992. The van der Waals surface area contributed by atoms with Crippen molar-refractivity contribution in [3.05, 3.63) is 69.8 Å². The number of thioether (sulfide) groups is 1. The first kappa shape index (κ1) is 25.6. The minimum absolute atomic E-state index is 0.0383. The van der Waals surface area contributed by atoms with E-state index < -0.39 is 11.0 Å². The second-order valence-corrected chi connectivity index (χ2v) is 9.44. The number of nitro groups is 1. The molecule has 1 fully saturated rings. The molecule has 1 aliphatic carbocycles. The highest BCUT2D eigenvalue weighted by atomic mass is 32.2. The van der Waals surface area contributed by atoms with Crippen LogP contribution >= 0.6 is 11.8 Å².